The Morgan fingerprint density at radius 1 is 1.00 bits per heavy atom. The van der Waals surface area contributed by atoms with Crippen LogP contribution in [0.4, 0.5) is 0 Å². The number of hydrogen-bond donors (Lipinski definition) is 0. The largest absolute Gasteiger partial charge is 0.349 e. The van der Waals surface area contributed by atoms with Crippen molar-refractivity contribution in [3.05, 3.63) is 22.5 Å². The van der Waals surface area contributed by atoms with Crippen molar-refractivity contribution in [2.24, 2.45) is 22.9 Å². The predicted molar refractivity (Wildman–Crippen MR) is 83.1 cm³/mol. The van der Waals surface area contributed by atoms with Crippen LogP contribution in [0.25, 0.3) is 0 Å². The Kier molecular flexibility index (Phi) is 3.00. The zero-order chi connectivity index (χ0) is 14.7. The summed E-state index contributed by atoms with van der Waals surface area (Å²) in [5, 5.41) is 0. The molecular formula is C17H28N2. The fraction of sp³-hybridized carbons (Fsp3) is 0.706. The fourth-order valence-corrected chi connectivity index (χ4v) is 3.02. The topological polar surface area (TPSA) is 17.3 Å². The summed E-state index contributed by atoms with van der Waals surface area (Å²) in [5.41, 5.74) is 7.14. The zero-order valence-corrected chi connectivity index (χ0v) is 14.0. The van der Waals surface area contributed by atoms with Crippen molar-refractivity contribution in [1.29, 1.82) is 0 Å². The number of aliphatic imine (C=N–C) groups is 1. The van der Waals surface area contributed by atoms with E-state index >= 15 is 0 Å². The third kappa shape index (κ3) is 2.05. The highest BCUT2D eigenvalue weighted by Gasteiger charge is 2.41. The van der Waals surface area contributed by atoms with Crippen LogP contribution in [0.15, 0.2) is 4.99 Å². The molecule has 0 radical (unpaired) electrons. The maximum Gasteiger partial charge on any atom is 0.0958 e. The first-order valence-corrected chi connectivity index (χ1v) is 7.20. The van der Waals surface area contributed by atoms with Gasteiger partial charge in [-0.3, -0.25) is 4.99 Å². The summed E-state index contributed by atoms with van der Waals surface area (Å²) in [7, 11) is 2.18. The van der Waals surface area contributed by atoms with Gasteiger partial charge in [0.1, 0.15) is 0 Å². The van der Waals surface area contributed by atoms with Crippen LogP contribution in [0.1, 0.15) is 70.1 Å². The Bertz CT molecular complexity index is 545. The van der Waals surface area contributed by atoms with E-state index in [0.717, 1.165) is 0 Å². The Morgan fingerprint density at radius 2 is 1.53 bits per heavy atom. The molecule has 2 heterocycles. The van der Waals surface area contributed by atoms with Crippen molar-refractivity contribution in [1.82, 2.24) is 4.57 Å². The smallest absolute Gasteiger partial charge is 0.0958 e. The van der Waals surface area contributed by atoms with Crippen LogP contribution in [-0.4, -0.2) is 10.3 Å². The van der Waals surface area contributed by atoms with Crippen LogP contribution in [0.5, 0.6) is 0 Å². The minimum atomic E-state index is 0.104. The van der Waals surface area contributed by atoms with Crippen LogP contribution in [0.3, 0.4) is 0 Å². The molecule has 2 rings (SSSR count). The minimum absolute atomic E-state index is 0.104. The third-order valence-electron chi connectivity index (χ3n) is 4.32. The molecule has 0 saturated carbocycles. The second-order valence-corrected chi connectivity index (χ2v) is 8.03. The lowest BCUT2D eigenvalue weighted by atomic mass is 9.83. The lowest BCUT2D eigenvalue weighted by Crippen LogP contribution is -2.20. The van der Waals surface area contributed by atoms with Crippen molar-refractivity contribution in [3.63, 3.8) is 0 Å². The van der Waals surface area contributed by atoms with Gasteiger partial charge in [-0.2, -0.15) is 0 Å². The summed E-state index contributed by atoms with van der Waals surface area (Å²) >= 11 is 0. The average Bonchev–Trinajstić information content (AvgIpc) is 2.72. The third-order valence-corrected chi connectivity index (χ3v) is 4.32. The molecule has 0 N–H and O–H groups in total. The molecule has 2 heteroatoms. The van der Waals surface area contributed by atoms with Crippen molar-refractivity contribution in [3.8, 4) is 0 Å². The fourth-order valence-electron chi connectivity index (χ4n) is 3.02. The number of hydrogen-bond acceptors (Lipinski definition) is 1. The molecule has 1 aliphatic heterocycles. The van der Waals surface area contributed by atoms with Crippen LogP contribution in [0, 0.1) is 24.7 Å². The molecule has 0 aliphatic carbocycles. The summed E-state index contributed by atoms with van der Waals surface area (Å²) in [4.78, 5) is 5.12. The average molecular weight is 260 g/mol. The van der Waals surface area contributed by atoms with Crippen molar-refractivity contribution < 1.29 is 0 Å². The molecule has 0 saturated heterocycles. The quantitative estimate of drug-likeness (QED) is 0.650. The van der Waals surface area contributed by atoms with Gasteiger partial charge in [-0.15, -0.1) is 0 Å². The van der Waals surface area contributed by atoms with E-state index < -0.39 is 0 Å². The Hall–Kier alpha value is -1.05. The van der Waals surface area contributed by atoms with Gasteiger partial charge in [-0.25, -0.2) is 0 Å². The lowest BCUT2D eigenvalue weighted by molar-refractivity contribution is 0.321. The first-order valence-electron chi connectivity index (χ1n) is 7.20. The molecule has 1 aromatic heterocycles. The van der Waals surface area contributed by atoms with E-state index in [0.29, 0.717) is 0 Å². The van der Waals surface area contributed by atoms with Gasteiger partial charge in [-0.05, 0) is 24.8 Å². The van der Waals surface area contributed by atoms with Crippen LogP contribution >= 0.6 is 0 Å². The summed E-state index contributed by atoms with van der Waals surface area (Å²) in [5.74, 6) is 0. The Morgan fingerprint density at radius 3 is 1.95 bits per heavy atom. The van der Waals surface area contributed by atoms with E-state index in [-0.39, 0.29) is 16.9 Å². The summed E-state index contributed by atoms with van der Waals surface area (Å²) < 4.78 is 2.35. The maximum atomic E-state index is 5.12. The number of nitrogens with zero attached hydrogens (tertiary/aromatic N) is 2. The molecule has 0 amide bonds. The standard InChI is InChI=1S/C17H28N2/c1-10-11(2)19(9)13-12(10)14(16(3,4)5)18-15(13)17(6,7)8/h15H,1-9H3. The summed E-state index contributed by atoms with van der Waals surface area (Å²) in [6, 6.07) is 0.272. The van der Waals surface area contributed by atoms with Crippen LogP contribution < -0.4 is 0 Å². The van der Waals surface area contributed by atoms with Gasteiger partial charge >= 0.3 is 0 Å². The first-order chi connectivity index (χ1) is 8.46. The molecule has 1 aromatic rings. The highest BCUT2D eigenvalue weighted by molar-refractivity contribution is 6.08. The number of aromatic nitrogens is 1. The zero-order valence-electron chi connectivity index (χ0n) is 14.0. The van der Waals surface area contributed by atoms with Crippen molar-refractivity contribution >= 4 is 5.71 Å². The molecule has 1 unspecified atom stereocenters. The van der Waals surface area contributed by atoms with E-state index in [2.05, 4.69) is 67.0 Å². The van der Waals surface area contributed by atoms with Crippen LogP contribution in [0.2, 0.25) is 0 Å². The van der Waals surface area contributed by atoms with E-state index in [4.69, 9.17) is 4.99 Å². The highest BCUT2D eigenvalue weighted by atomic mass is 15.0. The molecule has 106 valence electrons. The number of fused-ring (bicyclic) bond motifs is 1. The van der Waals surface area contributed by atoms with E-state index in [1.807, 2.05) is 0 Å². The van der Waals surface area contributed by atoms with Gasteiger partial charge in [0.2, 0.25) is 0 Å². The molecular weight excluding hydrogens is 232 g/mol. The Balaban J connectivity index is 2.75. The molecule has 0 fully saturated rings. The number of rotatable bonds is 0. The highest BCUT2D eigenvalue weighted by Crippen LogP contribution is 2.47. The summed E-state index contributed by atoms with van der Waals surface area (Å²) in [6.45, 7) is 18.1. The lowest BCUT2D eigenvalue weighted by Gasteiger charge is -2.26. The molecule has 19 heavy (non-hydrogen) atoms. The van der Waals surface area contributed by atoms with Gasteiger partial charge < -0.3 is 4.57 Å². The van der Waals surface area contributed by atoms with Gasteiger partial charge in [0, 0.05) is 23.7 Å². The second kappa shape index (κ2) is 3.97. The van der Waals surface area contributed by atoms with Gasteiger partial charge in [0.15, 0.2) is 0 Å². The van der Waals surface area contributed by atoms with Gasteiger partial charge in [0.05, 0.1) is 17.4 Å². The minimum Gasteiger partial charge on any atom is -0.349 e. The molecule has 2 nitrogen and oxygen atoms in total. The predicted octanol–water partition coefficient (Wildman–Crippen LogP) is 4.58. The maximum absolute atomic E-state index is 5.12. The second-order valence-electron chi connectivity index (χ2n) is 8.03. The van der Waals surface area contributed by atoms with Crippen molar-refractivity contribution in [2.75, 3.05) is 0 Å². The normalized spacial score (nSPS) is 19.6. The van der Waals surface area contributed by atoms with Gasteiger partial charge in [-0.1, -0.05) is 41.5 Å². The molecule has 1 atom stereocenters. The molecule has 0 bridgehead atoms. The monoisotopic (exact) mass is 260 g/mol. The molecule has 0 spiro atoms. The van der Waals surface area contributed by atoms with Crippen LogP contribution in [-0.2, 0) is 7.05 Å². The Labute approximate surface area is 117 Å². The molecule has 0 aromatic carbocycles. The van der Waals surface area contributed by atoms with E-state index in [1.165, 1.54) is 28.2 Å². The summed E-state index contributed by atoms with van der Waals surface area (Å²) in [6.07, 6.45) is 0. The molecule has 1 aliphatic rings. The van der Waals surface area contributed by atoms with Gasteiger partial charge in [0.25, 0.3) is 0 Å². The van der Waals surface area contributed by atoms with E-state index in [9.17, 15) is 0 Å². The SMILES string of the molecule is Cc1c2c(n(C)c1C)C(C(C)(C)C)N=C2C(C)(C)C. The van der Waals surface area contributed by atoms with Crippen molar-refractivity contribution in [2.45, 2.75) is 61.4 Å². The first kappa shape index (κ1) is 14.4. The van der Waals surface area contributed by atoms with E-state index in [1.54, 1.807) is 0 Å².